The van der Waals surface area contributed by atoms with Gasteiger partial charge in [-0.15, -0.1) is 0 Å². The first-order chi connectivity index (χ1) is 16.4. The normalized spacial score (nSPS) is 11.6. The van der Waals surface area contributed by atoms with Crippen molar-refractivity contribution in [2.45, 2.75) is 45.2 Å². The van der Waals surface area contributed by atoms with E-state index < -0.39 is 6.04 Å². The van der Waals surface area contributed by atoms with E-state index in [4.69, 9.17) is 23.2 Å². The first-order valence-electron chi connectivity index (χ1n) is 11.5. The van der Waals surface area contributed by atoms with E-state index in [1.807, 2.05) is 30.3 Å². The van der Waals surface area contributed by atoms with Gasteiger partial charge >= 0.3 is 0 Å². The van der Waals surface area contributed by atoms with Gasteiger partial charge in [0, 0.05) is 36.5 Å². The zero-order valence-corrected chi connectivity index (χ0v) is 21.1. The number of rotatable bonds is 10. The molecule has 6 heteroatoms. The molecule has 3 rings (SSSR count). The van der Waals surface area contributed by atoms with Gasteiger partial charge in [0.15, 0.2) is 0 Å². The van der Waals surface area contributed by atoms with Crippen molar-refractivity contribution < 1.29 is 9.59 Å². The van der Waals surface area contributed by atoms with Crippen LogP contribution in [0.25, 0.3) is 0 Å². The maximum atomic E-state index is 13.6. The number of amides is 2. The van der Waals surface area contributed by atoms with Crippen LogP contribution in [0.15, 0.2) is 72.8 Å². The molecule has 4 nitrogen and oxygen atoms in total. The van der Waals surface area contributed by atoms with Crippen LogP contribution < -0.4 is 5.32 Å². The number of carbonyl (C=O) groups is 2. The molecular formula is C28H30Cl2N2O2. The highest BCUT2D eigenvalue weighted by molar-refractivity contribution is 6.35. The second-order valence-corrected chi connectivity index (χ2v) is 9.09. The predicted octanol–water partition coefficient (Wildman–Crippen LogP) is 5.87. The summed E-state index contributed by atoms with van der Waals surface area (Å²) in [4.78, 5) is 28.2. The minimum Gasteiger partial charge on any atom is -0.357 e. The average molecular weight is 497 g/mol. The highest BCUT2D eigenvalue weighted by Gasteiger charge is 2.30. The van der Waals surface area contributed by atoms with Crippen LogP contribution in [0.2, 0.25) is 10.0 Å². The van der Waals surface area contributed by atoms with Crippen LogP contribution in [-0.2, 0) is 35.4 Å². The van der Waals surface area contributed by atoms with Crippen molar-refractivity contribution in [3.8, 4) is 0 Å². The number of aryl methyl sites for hydroxylation is 2. The Morgan fingerprint density at radius 1 is 0.912 bits per heavy atom. The predicted molar refractivity (Wildman–Crippen MR) is 139 cm³/mol. The van der Waals surface area contributed by atoms with Crippen LogP contribution in [0.1, 0.15) is 35.6 Å². The van der Waals surface area contributed by atoms with Gasteiger partial charge in [0.1, 0.15) is 6.04 Å². The summed E-state index contributed by atoms with van der Waals surface area (Å²) in [7, 11) is 1.59. The Bertz CT molecular complexity index is 1100. The first kappa shape index (κ1) is 25.8. The van der Waals surface area contributed by atoms with Crippen molar-refractivity contribution in [3.05, 3.63) is 105 Å². The third-order valence-electron chi connectivity index (χ3n) is 5.93. The fourth-order valence-corrected chi connectivity index (χ4v) is 4.36. The monoisotopic (exact) mass is 496 g/mol. The van der Waals surface area contributed by atoms with Crippen molar-refractivity contribution in [1.29, 1.82) is 0 Å². The summed E-state index contributed by atoms with van der Waals surface area (Å²) in [5.41, 5.74) is 4.08. The van der Waals surface area contributed by atoms with E-state index >= 15 is 0 Å². The second-order valence-electron chi connectivity index (χ2n) is 8.25. The van der Waals surface area contributed by atoms with Crippen molar-refractivity contribution >= 4 is 35.0 Å². The lowest BCUT2D eigenvalue weighted by Gasteiger charge is -2.31. The minimum absolute atomic E-state index is 0.102. The molecule has 1 N–H and O–H groups in total. The van der Waals surface area contributed by atoms with Crippen LogP contribution in [0, 0.1) is 0 Å². The summed E-state index contributed by atoms with van der Waals surface area (Å²) in [6, 6.07) is 22.5. The number of nitrogens with zero attached hydrogens (tertiary/aromatic N) is 1. The van der Waals surface area contributed by atoms with E-state index in [0.29, 0.717) is 29.3 Å². The second kappa shape index (κ2) is 12.6. The zero-order chi connectivity index (χ0) is 24.5. The lowest BCUT2D eigenvalue weighted by Crippen LogP contribution is -2.49. The van der Waals surface area contributed by atoms with E-state index in [0.717, 1.165) is 23.1 Å². The van der Waals surface area contributed by atoms with Crippen molar-refractivity contribution in [2.75, 3.05) is 7.05 Å². The average Bonchev–Trinajstić information content (AvgIpc) is 2.86. The molecule has 0 spiro atoms. The molecule has 0 aliphatic carbocycles. The zero-order valence-electron chi connectivity index (χ0n) is 19.6. The molecular weight excluding hydrogens is 467 g/mol. The van der Waals surface area contributed by atoms with Crippen LogP contribution >= 0.6 is 23.2 Å². The SMILES string of the molecule is CCc1ccc(CCC(=O)N(Cc2ccc(Cl)cc2Cl)[C@@H](Cc2ccccc2)C(=O)NC)cc1. The van der Waals surface area contributed by atoms with Crippen molar-refractivity contribution in [2.24, 2.45) is 0 Å². The van der Waals surface area contributed by atoms with E-state index in [-0.39, 0.29) is 18.4 Å². The summed E-state index contributed by atoms with van der Waals surface area (Å²) < 4.78 is 0. The van der Waals surface area contributed by atoms with Gasteiger partial charge in [-0.2, -0.15) is 0 Å². The van der Waals surface area contributed by atoms with E-state index in [1.165, 1.54) is 5.56 Å². The van der Waals surface area contributed by atoms with Gasteiger partial charge in [0.05, 0.1) is 0 Å². The van der Waals surface area contributed by atoms with Gasteiger partial charge in [-0.25, -0.2) is 0 Å². The molecule has 3 aromatic carbocycles. The van der Waals surface area contributed by atoms with E-state index in [2.05, 4.69) is 36.5 Å². The Morgan fingerprint density at radius 2 is 1.59 bits per heavy atom. The summed E-state index contributed by atoms with van der Waals surface area (Å²) in [5, 5.41) is 3.72. The quantitative estimate of drug-likeness (QED) is 0.381. The fraction of sp³-hybridized carbons (Fsp3) is 0.286. The standard InChI is InChI=1S/C28H30Cl2N2O2/c1-3-20-9-11-21(12-10-20)13-16-27(33)32(19-23-14-15-24(29)18-25(23)30)26(28(34)31-2)17-22-7-5-4-6-8-22/h4-12,14-15,18,26H,3,13,16-17,19H2,1-2H3,(H,31,34)/t26-/m0/s1. The smallest absolute Gasteiger partial charge is 0.242 e. The summed E-state index contributed by atoms with van der Waals surface area (Å²) >= 11 is 12.5. The number of carbonyl (C=O) groups excluding carboxylic acids is 2. The van der Waals surface area contributed by atoms with Crippen LogP contribution in [0.5, 0.6) is 0 Å². The summed E-state index contributed by atoms with van der Waals surface area (Å²) in [6.45, 7) is 2.33. The largest absolute Gasteiger partial charge is 0.357 e. The molecule has 0 aromatic heterocycles. The molecule has 0 saturated carbocycles. The van der Waals surface area contributed by atoms with Crippen LogP contribution in [0.4, 0.5) is 0 Å². The molecule has 0 unspecified atom stereocenters. The molecule has 0 aliphatic heterocycles. The molecule has 3 aromatic rings. The first-order valence-corrected chi connectivity index (χ1v) is 12.2. The highest BCUT2D eigenvalue weighted by Crippen LogP contribution is 2.24. The number of nitrogens with one attached hydrogen (secondary N) is 1. The Morgan fingerprint density at radius 3 is 2.21 bits per heavy atom. The molecule has 0 bridgehead atoms. The number of hydrogen-bond donors (Lipinski definition) is 1. The fourth-order valence-electron chi connectivity index (χ4n) is 3.89. The highest BCUT2D eigenvalue weighted by atomic mass is 35.5. The number of hydrogen-bond acceptors (Lipinski definition) is 2. The third kappa shape index (κ3) is 7.09. The van der Waals surface area contributed by atoms with Gasteiger partial charge < -0.3 is 10.2 Å². The lowest BCUT2D eigenvalue weighted by molar-refractivity contribution is -0.141. The lowest BCUT2D eigenvalue weighted by atomic mass is 10.0. The van der Waals surface area contributed by atoms with E-state index in [9.17, 15) is 9.59 Å². The molecule has 1 atom stereocenters. The number of likely N-dealkylation sites (N-methyl/N-ethyl adjacent to an activating group) is 1. The topological polar surface area (TPSA) is 49.4 Å². The third-order valence-corrected chi connectivity index (χ3v) is 6.52. The maximum absolute atomic E-state index is 13.6. The molecule has 0 aliphatic rings. The van der Waals surface area contributed by atoms with Crippen molar-refractivity contribution in [1.82, 2.24) is 10.2 Å². The molecule has 178 valence electrons. The molecule has 0 radical (unpaired) electrons. The Labute approximate surface area is 211 Å². The van der Waals surface area contributed by atoms with Gasteiger partial charge in [0.25, 0.3) is 0 Å². The van der Waals surface area contributed by atoms with Crippen LogP contribution in [-0.4, -0.2) is 29.8 Å². The molecule has 0 heterocycles. The number of halogens is 2. The van der Waals surface area contributed by atoms with Gasteiger partial charge in [0.2, 0.25) is 11.8 Å². The Kier molecular flexibility index (Phi) is 9.55. The Hall–Kier alpha value is -2.82. The number of benzene rings is 3. The Balaban J connectivity index is 1.88. The van der Waals surface area contributed by atoms with E-state index in [1.54, 1.807) is 30.1 Å². The maximum Gasteiger partial charge on any atom is 0.242 e. The van der Waals surface area contributed by atoms with Crippen LogP contribution in [0.3, 0.4) is 0 Å². The summed E-state index contributed by atoms with van der Waals surface area (Å²) in [5.74, 6) is -0.315. The van der Waals surface area contributed by atoms with Gasteiger partial charge in [-0.1, -0.05) is 90.8 Å². The van der Waals surface area contributed by atoms with Gasteiger partial charge in [-0.3, -0.25) is 9.59 Å². The summed E-state index contributed by atoms with van der Waals surface area (Å²) in [6.07, 6.45) is 2.27. The van der Waals surface area contributed by atoms with Crippen molar-refractivity contribution in [3.63, 3.8) is 0 Å². The molecule has 34 heavy (non-hydrogen) atoms. The molecule has 0 fully saturated rings. The molecule has 2 amide bonds. The van der Waals surface area contributed by atoms with Gasteiger partial charge in [-0.05, 0) is 47.2 Å². The molecule has 0 saturated heterocycles. The minimum atomic E-state index is -0.672.